The van der Waals surface area contributed by atoms with Crippen molar-refractivity contribution in [3.63, 3.8) is 0 Å². The molecule has 0 unspecified atom stereocenters. The van der Waals surface area contributed by atoms with Crippen LogP contribution in [0.2, 0.25) is 5.02 Å². The van der Waals surface area contributed by atoms with Crippen molar-refractivity contribution >= 4 is 54.8 Å². The van der Waals surface area contributed by atoms with Crippen molar-refractivity contribution in [1.82, 2.24) is 9.21 Å². The van der Waals surface area contributed by atoms with E-state index in [9.17, 15) is 13.2 Å². The SMILES string of the molecule is CN1CCN(S(=O)(=O)c2cc(Cl)c(Br)s2)CC1=O. The number of carbonyl (C=O) groups is 1. The molecule has 2 rings (SSSR count). The molecule has 0 aliphatic carbocycles. The van der Waals surface area contributed by atoms with Crippen molar-refractivity contribution in [2.45, 2.75) is 4.21 Å². The fourth-order valence-electron chi connectivity index (χ4n) is 1.52. The van der Waals surface area contributed by atoms with Gasteiger partial charge in [0, 0.05) is 20.1 Å². The van der Waals surface area contributed by atoms with Gasteiger partial charge in [0.1, 0.15) is 4.21 Å². The maximum Gasteiger partial charge on any atom is 0.253 e. The Morgan fingerprint density at radius 2 is 2.11 bits per heavy atom. The summed E-state index contributed by atoms with van der Waals surface area (Å²) in [5.41, 5.74) is 0. The lowest BCUT2D eigenvalue weighted by Gasteiger charge is -2.30. The Kier molecular flexibility index (Phi) is 4.03. The monoisotopic (exact) mass is 372 g/mol. The van der Waals surface area contributed by atoms with Crippen LogP contribution in [0.25, 0.3) is 0 Å². The van der Waals surface area contributed by atoms with Crippen molar-refractivity contribution in [1.29, 1.82) is 0 Å². The van der Waals surface area contributed by atoms with Gasteiger partial charge in [-0.2, -0.15) is 4.31 Å². The molecule has 0 spiro atoms. The van der Waals surface area contributed by atoms with Crippen molar-refractivity contribution in [2.24, 2.45) is 0 Å². The summed E-state index contributed by atoms with van der Waals surface area (Å²) in [4.78, 5) is 13.1. The lowest BCUT2D eigenvalue weighted by atomic mass is 10.4. The van der Waals surface area contributed by atoms with Crippen LogP contribution in [-0.4, -0.2) is 50.2 Å². The average molecular weight is 374 g/mol. The summed E-state index contributed by atoms with van der Waals surface area (Å²) in [5, 5.41) is 0.360. The van der Waals surface area contributed by atoms with E-state index in [1.165, 1.54) is 15.3 Å². The van der Waals surface area contributed by atoms with Crippen LogP contribution in [0.15, 0.2) is 14.1 Å². The van der Waals surface area contributed by atoms with Gasteiger partial charge in [0.2, 0.25) is 5.91 Å². The van der Waals surface area contributed by atoms with E-state index in [0.29, 0.717) is 21.9 Å². The molecular formula is C9H10BrClN2O3S2. The number of piperazine rings is 1. The minimum Gasteiger partial charge on any atom is -0.343 e. The number of nitrogens with zero attached hydrogens (tertiary/aromatic N) is 2. The van der Waals surface area contributed by atoms with Crippen LogP contribution in [0.5, 0.6) is 0 Å². The van der Waals surface area contributed by atoms with Crippen molar-refractivity contribution < 1.29 is 13.2 Å². The highest BCUT2D eigenvalue weighted by Gasteiger charge is 2.32. The van der Waals surface area contributed by atoms with Gasteiger partial charge in [0.25, 0.3) is 10.0 Å². The van der Waals surface area contributed by atoms with E-state index in [0.717, 1.165) is 11.3 Å². The Labute approximate surface area is 123 Å². The second-order valence-electron chi connectivity index (χ2n) is 3.84. The van der Waals surface area contributed by atoms with E-state index in [1.54, 1.807) is 7.05 Å². The molecule has 0 bridgehead atoms. The van der Waals surface area contributed by atoms with E-state index in [-0.39, 0.29) is 16.7 Å². The van der Waals surface area contributed by atoms with Gasteiger partial charge in [-0.3, -0.25) is 4.79 Å². The Balaban J connectivity index is 2.29. The number of hydrogen-bond acceptors (Lipinski definition) is 4. The summed E-state index contributed by atoms with van der Waals surface area (Å²) in [6.45, 7) is 0.585. The molecule has 0 aromatic carbocycles. The molecule has 1 aromatic heterocycles. The molecule has 1 saturated heterocycles. The molecule has 0 saturated carbocycles. The molecule has 1 aromatic rings. The number of thiophene rings is 1. The first-order valence-electron chi connectivity index (χ1n) is 5.01. The van der Waals surface area contributed by atoms with Crippen LogP contribution in [0, 0.1) is 0 Å². The van der Waals surface area contributed by atoms with Crippen LogP contribution < -0.4 is 0 Å². The summed E-state index contributed by atoms with van der Waals surface area (Å²) < 4.78 is 26.5. The highest BCUT2D eigenvalue weighted by molar-refractivity contribution is 9.11. The second kappa shape index (κ2) is 5.09. The zero-order valence-corrected chi connectivity index (χ0v) is 13.4. The first-order chi connectivity index (χ1) is 8.32. The summed E-state index contributed by atoms with van der Waals surface area (Å²) in [7, 11) is -1.97. The molecule has 1 aliphatic heterocycles. The number of likely N-dealkylation sites (N-methyl/N-ethyl adjacent to an activating group) is 1. The molecule has 100 valence electrons. The van der Waals surface area contributed by atoms with E-state index in [1.807, 2.05) is 0 Å². The smallest absolute Gasteiger partial charge is 0.253 e. The quantitative estimate of drug-likeness (QED) is 0.791. The third kappa shape index (κ3) is 2.57. The first kappa shape index (κ1) is 14.3. The normalized spacial score (nSPS) is 18.4. The van der Waals surface area contributed by atoms with E-state index < -0.39 is 10.0 Å². The highest BCUT2D eigenvalue weighted by atomic mass is 79.9. The second-order valence-corrected chi connectivity index (χ2v) is 8.78. The van der Waals surface area contributed by atoms with Crippen LogP contribution in [0.3, 0.4) is 0 Å². The van der Waals surface area contributed by atoms with Gasteiger partial charge in [-0.15, -0.1) is 11.3 Å². The van der Waals surface area contributed by atoms with Gasteiger partial charge in [-0.25, -0.2) is 8.42 Å². The molecule has 1 amide bonds. The lowest BCUT2D eigenvalue weighted by molar-refractivity contribution is -0.132. The first-order valence-corrected chi connectivity index (χ1v) is 8.44. The highest BCUT2D eigenvalue weighted by Crippen LogP contribution is 2.36. The number of sulfonamides is 1. The van der Waals surface area contributed by atoms with Crippen LogP contribution in [-0.2, 0) is 14.8 Å². The molecule has 0 atom stereocenters. The molecular weight excluding hydrogens is 364 g/mol. The Hall–Kier alpha value is -0.150. The van der Waals surface area contributed by atoms with Crippen LogP contribution in [0.4, 0.5) is 0 Å². The zero-order valence-electron chi connectivity index (χ0n) is 9.39. The largest absolute Gasteiger partial charge is 0.343 e. The molecule has 5 nitrogen and oxygen atoms in total. The van der Waals surface area contributed by atoms with E-state index >= 15 is 0 Å². The van der Waals surface area contributed by atoms with Crippen LogP contribution >= 0.6 is 38.9 Å². The summed E-state index contributed by atoms with van der Waals surface area (Å²) in [6.07, 6.45) is 0. The molecule has 9 heteroatoms. The van der Waals surface area contributed by atoms with Crippen molar-refractivity contribution in [3.8, 4) is 0 Å². The number of carbonyl (C=O) groups excluding carboxylic acids is 1. The third-order valence-corrected chi connectivity index (χ3v) is 7.41. The molecule has 18 heavy (non-hydrogen) atoms. The Bertz CT molecular complexity index is 567. The zero-order chi connectivity index (χ0) is 13.5. The van der Waals surface area contributed by atoms with E-state index in [4.69, 9.17) is 11.6 Å². The average Bonchev–Trinajstić information content (AvgIpc) is 2.64. The number of amides is 1. The maximum absolute atomic E-state index is 12.3. The van der Waals surface area contributed by atoms with Gasteiger partial charge in [0.15, 0.2) is 0 Å². The number of rotatable bonds is 2. The van der Waals surface area contributed by atoms with E-state index in [2.05, 4.69) is 15.9 Å². The standard InChI is InChI=1S/C9H10BrClN2O3S2/c1-12-2-3-13(5-7(12)14)18(15,16)8-4-6(11)9(10)17-8/h4H,2-3,5H2,1H3. The number of hydrogen-bond donors (Lipinski definition) is 0. The molecule has 1 fully saturated rings. The van der Waals surface area contributed by atoms with Crippen molar-refractivity contribution in [2.75, 3.05) is 26.7 Å². The maximum atomic E-state index is 12.3. The summed E-state index contributed by atoms with van der Waals surface area (Å²) in [6, 6.07) is 1.40. The third-order valence-electron chi connectivity index (χ3n) is 2.64. The molecule has 0 N–H and O–H groups in total. The molecule has 2 heterocycles. The van der Waals surface area contributed by atoms with Gasteiger partial charge < -0.3 is 4.90 Å². The minimum absolute atomic E-state index is 0.119. The van der Waals surface area contributed by atoms with Gasteiger partial charge in [-0.1, -0.05) is 11.6 Å². The predicted molar refractivity (Wildman–Crippen MR) is 73.4 cm³/mol. The van der Waals surface area contributed by atoms with Crippen LogP contribution in [0.1, 0.15) is 0 Å². The fourth-order valence-corrected chi connectivity index (χ4v) is 5.46. The molecule has 0 radical (unpaired) electrons. The minimum atomic E-state index is -3.63. The van der Waals surface area contributed by atoms with Gasteiger partial charge in [0.05, 0.1) is 15.4 Å². The van der Waals surface area contributed by atoms with Gasteiger partial charge in [-0.05, 0) is 22.0 Å². The fraction of sp³-hybridized carbons (Fsp3) is 0.444. The Morgan fingerprint density at radius 3 is 2.61 bits per heavy atom. The topological polar surface area (TPSA) is 57.7 Å². The summed E-state index contributed by atoms with van der Waals surface area (Å²) in [5.74, 6) is -0.202. The number of halogens is 2. The van der Waals surface area contributed by atoms with Gasteiger partial charge >= 0.3 is 0 Å². The Morgan fingerprint density at radius 1 is 1.44 bits per heavy atom. The molecule has 1 aliphatic rings. The predicted octanol–water partition coefficient (Wildman–Crippen LogP) is 1.63. The van der Waals surface area contributed by atoms with Crippen molar-refractivity contribution in [3.05, 3.63) is 14.9 Å². The lowest BCUT2D eigenvalue weighted by Crippen LogP contribution is -2.50. The summed E-state index contributed by atoms with van der Waals surface area (Å²) >= 11 is 10.1.